The standard InChI is InChI=1S/C21H23NO5/c1-21(2,3)19(24)16-17(14-9-5-6-10-15(14)26-4)22(20(25)18(16)23)12-13-8-7-11-27-13/h5-11,17,23H,12H2,1-4H3. The van der Waals surface area contributed by atoms with Gasteiger partial charge >= 0.3 is 0 Å². The molecule has 0 spiro atoms. The van der Waals surface area contributed by atoms with E-state index in [2.05, 4.69) is 0 Å². The number of aliphatic hydroxyl groups excluding tert-OH is 1. The molecule has 0 saturated heterocycles. The van der Waals surface area contributed by atoms with Crippen LogP contribution in [0.4, 0.5) is 0 Å². The summed E-state index contributed by atoms with van der Waals surface area (Å²) in [4.78, 5) is 27.4. The lowest BCUT2D eigenvalue weighted by Gasteiger charge is -2.29. The Balaban J connectivity index is 2.15. The molecule has 1 aromatic carbocycles. The lowest BCUT2D eigenvalue weighted by Crippen LogP contribution is -2.32. The van der Waals surface area contributed by atoms with Crippen molar-refractivity contribution in [2.24, 2.45) is 5.41 Å². The van der Waals surface area contributed by atoms with Gasteiger partial charge in [0, 0.05) is 11.0 Å². The zero-order chi connectivity index (χ0) is 19.8. The number of ketones is 1. The number of para-hydroxylation sites is 1. The number of Topliss-reactive ketones (excluding diaryl/α,β-unsaturated/α-hetero) is 1. The molecule has 0 bridgehead atoms. The van der Waals surface area contributed by atoms with Gasteiger partial charge in [-0.05, 0) is 18.2 Å². The predicted molar refractivity (Wildman–Crippen MR) is 99.1 cm³/mol. The zero-order valence-electron chi connectivity index (χ0n) is 15.9. The van der Waals surface area contributed by atoms with Gasteiger partial charge in [-0.25, -0.2) is 0 Å². The molecule has 0 aliphatic carbocycles. The average molecular weight is 369 g/mol. The third-order valence-corrected chi connectivity index (χ3v) is 4.57. The van der Waals surface area contributed by atoms with Crippen molar-refractivity contribution >= 4 is 11.7 Å². The second-order valence-electron chi connectivity index (χ2n) is 7.50. The largest absolute Gasteiger partial charge is 0.503 e. The fourth-order valence-corrected chi connectivity index (χ4v) is 3.24. The normalized spacial score (nSPS) is 17.6. The highest BCUT2D eigenvalue weighted by Crippen LogP contribution is 2.44. The number of carbonyl (C=O) groups is 2. The lowest BCUT2D eigenvalue weighted by atomic mass is 9.82. The highest BCUT2D eigenvalue weighted by atomic mass is 16.5. The van der Waals surface area contributed by atoms with Gasteiger partial charge in [0.2, 0.25) is 0 Å². The first-order valence-corrected chi connectivity index (χ1v) is 8.70. The molecule has 142 valence electrons. The molecule has 3 rings (SSSR count). The van der Waals surface area contributed by atoms with Crippen LogP contribution in [0, 0.1) is 5.41 Å². The fourth-order valence-electron chi connectivity index (χ4n) is 3.24. The number of aliphatic hydroxyl groups is 1. The topological polar surface area (TPSA) is 80.0 Å². The summed E-state index contributed by atoms with van der Waals surface area (Å²) in [6.45, 7) is 5.40. The van der Waals surface area contributed by atoms with Crippen molar-refractivity contribution in [1.29, 1.82) is 0 Å². The second-order valence-corrected chi connectivity index (χ2v) is 7.50. The molecule has 2 heterocycles. The summed E-state index contributed by atoms with van der Waals surface area (Å²) in [5.41, 5.74) is -0.0370. The van der Waals surface area contributed by atoms with Gasteiger partial charge in [-0.1, -0.05) is 39.0 Å². The zero-order valence-corrected chi connectivity index (χ0v) is 15.9. The second kappa shape index (κ2) is 6.95. The summed E-state index contributed by atoms with van der Waals surface area (Å²) in [6.07, 6.45) is 1.52. The smallest absolute Gasteiger partial charge is 0.290 e. The number of ether oxygens (including phenoxy) is 1. The van der Waals surface area contributed by atoms with Crippen LogP contribution in [-0.4, -0.2) is 28.8 Å². The van der Waals surface area contributed by atoms with Crippen LogP contribution in [0.2, 0.25) is 0 Å². The van der Waals surface area contributed by atoms with E-state index in [4.69, 9.17) is 9.15 Å². The van der Waals surface area contributed by atoms with Gasteiger partial charge in [0.05, 0.1) is 31.5 Å². The fraction of sp³-hybridized carbons (Fsp3) is 0.333. The molecule has 1 aliphatic heterocycles. The first-order valence-electron chi connectivity index (χ1n) is 8.70. The third-order valence-electron chi connectivity index (χ3n) is 4.57. The molecule has 1 aliphatic rings. The summed E-state index contributed by atoms with van der Waals surface area (Å²) in [7, 11) is 1.53. The number of furan rings is 1. The number of rotatable bonds is 5. The first-order chi connectivity index (χ1) is 12.8. The van der Waals surface area contributed by atoms with E-state index in [1.54, 1.807) is 45.0 Å². The van der Waals surface area contributed by atoms with Crippen LogP contribution < -0.4 is 4.74 Å². The maximum absolute atomic E-state index is 13.1. The molecule has 0 saturated carbocycles. The van der Waals surface area contributed by atoms with Gasteiger partial charge in [-0.2, -0.15) is 0 Å². The van der Waals surface area contributed by atoms with Crippen LogP contribution >= 0.6 is 0 Å². The monoisotopic (exact) mass is 369 g/mol. The molecular weight excluding hydrogens is 346 g/mol. The van der Waals surface area contributed by atoms with Gasteiger partial charge in [0.15, 0.2) is 11.5 Å². The summed E-state index contributed by atoms with van der Waals surface area (Å²) < 4.78 is 10.8. The van der Waals surface area contributed by atoms with E-state index < -0.39 is 23.1 Å². The average Bonchev–Trinajstić information content (AvgIpc) is 3.22. The number of hydrogen-bond donors (Lipinski definition) is 1. The minimum absolute atomic E-state index is 0.0866. The molecule has 1 aromatic heterocycles. The van der Waals surface area contributed by atoms with Gasteiger partial charge in [-0.15, -0.1) is 0 Å². The highest BCUT2D eigenvalue weighted by molar-refractivity contribution is 6.10. The number of carbonyl (C=O) groups excluding carboxylic acids is 2. The summed E-state index contributed by atoms with van der Waals surface area (Å²) in [6, 6.07) is 9.88. The van der Waals surface area contributed by atoms with Crippen molar-refractivity contribution in [2.45, 2.75) is 33.4 Å². The molecule has 1 unspecified atom stereocenters. The van der Waals surface area contributed by atoms with Crippen molar-refractivity contribution in [3.8, 4) is 5.75 Å². The van der Waals surface area contributed by atoms with Crippen LogP contribution in [0.25, 0.3) is 0 Å². The predicted octanol–water partition coefficient (Wildman–Crippen LogP) is 3.80. The Morgan fingerprint density at radius 1 is 1.22 bits per heavy atom. The van der Waals surface area contributed by atoms with Crippen molar-refractivity contribution in [2.75, 3.05) is 7.11 Å². The van der Waals surface area contributed by atoms with E-state index in [9.17, 15) is 14.7 Å². The SMILES string of the molecule is COc1ccccc1C1C(C(=O)C(C)(C)C)=C(O)C(=O)N1Cc1ccco1. The van der Waals surface area contributed by atoms with Crippen LogP contribution in [0.5, 0.6) is 5.75 Å². The van der Waals surface area contributed by atoms with E-state index in [-0.39, 0.29) is 17.9 Å². The quantitative estimate of drug-likeness (QED) is 0.867. The Bertz CT molecular complexity index is 890. The van der Waals surface area contributed by atoms with Crippen LogP contribution in [0.1, 0.15) is 38.1 Å². The number of methoxy groups -OCH3 is 1. The molecule has 6 heteroatoms. The Hall–Kier alpha value is -3.02. The molecule has 1 N–H and O–H groups in total. The number of amides is 1. The Labute approximate surface area is 158 Å². The first kappa shape index (κ1) is 18.8. The minimum Gasteiger partial charge on any atom is -0.503 e. The van der Waals surface area contributed by atoms with Crippen molar-refractivity contribution in [3.05, 3.63) is 65.3 Å². The van der Waals surface area contributed by atoms with E-state index in [1.165, 1.54) is 18.3 Å². The van der Waals surface area contributed by atoms with Gasteiger partial charge < -0.3 is 19.2 Å². The maximum Gasteiger partial charge on any atom is 0.290 e. The molecule has 0 fully saturated rings. The van der Waals surface area contributed by atoms with Gasteiger partial charge in [0.25, 0.3) is 5.91 Å². The summed E-state index contributed by atoms with van der Waals surface area (Å²) in [5, 5.41) is 10.6. The molecule has 2 aromatic rings. The van der Waals surface area contributed by atoms with Crippen molar-refractivity contribution in [3.63, 3.8) is 0 Å². The van der Waals surface area contributed by atoms with E-state index in [0.717, 1.165) is 0 Å². The van der Waals surface area contributed by atoms with Crippen LogP contribution in [0.3, 0.4) is 0 Å². The number of hydrogen-bond acceptors (Lipinski definition) is 5. The molecular formula is C21H23NO5. The van der Waals surface area contributed by atoms with Crippen LogP contribution in [0.15, 0.2) is 58.4 Å². The molecule has 6 nitrogen and oxygen atoms in total. The molecule has 0 radical (unpaired) electrons. The molecule has 27 heavy (non-hydrogen) atoms. The summed E-state index contributed by atoms with van der Waals surface area (Å²) in [5.74, 6) is -0.312. The Kier molecular flexibility index (Phi) is 4.83. The number of nitrogens with zero attached hydrogens (tertiary/aromatic N) is 1. The van der Waals surface area contributed by atoms with Crippen molar-refractivity contribution < 1.29 is 23.8 Å². The third kappa shape index (κ3) is 3.35. The van der Waals surface area contributed by atoms with Gasteiger partial charge in [-0.3, -0.25) is 9.59 Å². The molecule has 1 atom stereocenters. The van der Waals surface area contributed by atoms with E-state index in [1.807, 2.05) is 12.1 Å². The highest BCUT2D eigenvalue weighted by Gasteiger charge is 2.47. The van der Waals surface area contributed by atoms with Gasteiger partial charge in [0.1, 0.15) is 11.5 Å². The van der Waals surface area contributed by atoms with Crippen LogP contribution in [-0.2, 0) is 16.1 Å². The lowest BCUT2D eigenvalue weighted by molar-refractivity contribution is -0.130. The summed E-state index contributed by atoms with van der Waals surface area (Å²) >= 11 is 0. The van der Waals surface area contributed by atoms with E-state index >= 15 is 0 Å². The minimum atomic E-state index is -0.759. The Morgan fingerprint density at radius 2 is 1.93 bits per heavy atom. The van der Waals surface area contributed by atoms with E-state index in [0.29, 0.717) is 17.1 Å². The molecule has 1 amide bonds. The Morgan fingerprint density at radius 3 is 2.52 bits per heavy atom. The maximum atomic E-state index is 13.1. The number of benzene rings is 1. The van der Waals surface area contributed by atoms with Crippen molar-refractivity contribution in [1.82, 2.24) is 4.90 Å².